The van der Waals surface area contributed by atoms with E-state index in [1.165, 1.54) is 0 Å². The molecule has 0 aliphatic rings. The van der Waals surface area contributed by atoms with Gasteiger partial charge in [0.2, 0.25) is 0 Å². The lowest BCUT2D eigenvalue weighted by Crippen LogP contribution is -2.15. The second kappa shape index (κ2) is 6.09. The van der Waals surface area contributed by atoms with Crippen LogP contribution in [0.3, 0.4) is 0 Å². The smallest absolute Gasteiger partial charge is 0.162 e. The van der Waals surface area contributed by atoms with Crippen molar-refractivity contribution in [3.8, 4) is 17.6 Å². The first kappa shape index (κ1) is 13.3. The van der Waals surface area contributed by atoms with E-state index in [2.05, 4.69) is 0 Å². The van der Waals surface area contributed by atoms with Crippen LogP contribution in [0.15, 0.2) is 12.1 Å². The third-order valence-corrected chi connectivity index (χ3v) is 2.34. The van der Waals surface area contributed by atoms with Crippen LogP contribution in [-0.4, -0.2) is 23.4 Å². The van der Waals surface area contributed by atoms with Gasteiger partial charge < -0.3 is 20.7 Å². The molecule has 92 valence electrons. The molecule has 0 fully saturated rings. The summed E-state index contributed by atoms with van der Waals surface area (Å²) in [5, 5.41) is 27.6. The summed E-state index contributed by atoms with van der Waals surface area (Å²) in [4.78, 5) is 0. The number of aliphatic hydroxyl groups excluding tert-OH is 1. The average Bonchev–Trinajstić information content (AvgIpc) is 2.32. The first-order chi connectivity index (χ1) is 8.13. The van der Waals surface area contributed by atoms with Gasteiger partial charge in [-0.25, -0.2) is 0 Å². The van der Waals surface area contributed by atoms with Gasteiger partial charge >= 0.3 is 0 Å². The number of aromatic hydroxyl groups is 1. The number of phenolic OH excluding ortho intramolecular Hbond substituents is 1. The Morgan fingerprint density at radius 3 is 2.76 bits per heavy atom. The predicted molar refractivity (Wildman–Crippen MR) is 62.6 cm³/mol. The van der Waals surface area contributed by atoms with E-state index in [9.17, 15) is 5.11 Å². The quantitative estimate of drug-likeness (QED) is 0.703. The number of rotatable bonds is 5. The fraction of sp³-hybridized carbons (Fsp3) is 0.417. The van der Waals surface area contributed by atoms with E-state index in [4.69, 9.17) is 20.8 Å². The molecule has 0 spiro atoms. The summed E-state index contributed by atoms with van der Waals surface area (Å²) >= 11 is 0. The minimum Gasteiger partial charge on any atom is -0.504 e. The molecule has 0 unspecified atom stereocenters. The zero-order valence-electron chi connectivity index (χ0n) is 9.68. The van der Waals surface area contributed by atoms with E-state index in [0.717, 1.165) is 0 Å². The zero-order valence-corrected chi connectivity index (χ0v) is 9.68. The molecule has 0 saturated heterocycles. The average molecular weight is 236 g/mol. The third kappa shape index (κ3) is 3.09. The molecule has 5 nitrogen and oxygen atoms in total. The molecule has 0 heterocycles. The van der Waals surface area contributed by atoms with Gasteiger partial charge in [-0.2, -0.15) is 5.26 Å². The summed E-state index contributed by atoms with van der Waals surface area (Å²) in [7, 11) is 0. The number of nitrogens with two attached hydrogens (primary N) is 1. The fourth-order valence-corrected chi connectivity index (χ4v) is 1.53. The Morgan fingerprint density at radius 1 is 1.53 bits per heavy atom. The summed E-state index contributed by atoms with van der Waals surface area (Å²) in [5.41, 5.74) is 6.77. The summed E-state index contributed by atoms with van der Waals surface area (Å²) < 4.78 is 5.26. The molecule has 0 aliphatic carbocycles. The Kier molecular flexibility index (Phi) is 4.76. The van der Waals surface area contributed by atoms with Crippen LogP contribution < -0.4 is 10.5 Å². The standard InChI is InChI=1S/C12H16N2O3/c1-2-17-11-6-8(3-4-13)5-9(12(11)16)10(14)7-15/h5-6,10,15-16H,2-3,7,14H2,1H3/t10-/m1/s1. The second-order valence-electron chi connectivity index (χ2n) is 3.59. The van der Waals surface area contributed by atoms with Gasteiger partial charge in [-0.15, -0.1) is 0 Å². The number of ether oxygens (including phenoxy) is 1. The molecule has 1 atom stereocenters. The van der Waals surface area contributed by atoms with Crippen molar-refractivity contribution >= 4 is 0 Å². The highest BCUT2D eigenvalue weighted by atomic mass is 16.5. The summed E-state index contributed by atoms with van der Waals surface area (Å²) in [6.07, 6.45) is 0.200. The number of nitriles is 1. The Morgan fingerprint density at radius 2 is 2.24 bits per heavy atom. The Bertz CT molecular complexity index is 426. The molecule has 4 N–H and O–H groups in total. The van der Waals surface area contributed by atoms with Gasteiger partial charge in [-0.1, -0.05) is 0 Å². The van der Waals surface area contributed by atoms with Crippen LogP contribution in [0, 0.1) is 11.3 Å². The first-order valence-electron chi connectivity index (χ1n) is 5.36. The van der Waals surface area contributed by atoms with Crippen molar-refractivity contribution < 1.29 is 14.9 Å². The van der Waals surface area contributed by atoms with E-state index < -0.39 is 6.04 Å². The van der Waals surface area contributed by atoms with Crippen LogP contribution in [0.4, 0.5) is 0 Å². The Hall–Kier alpha value is -1.77. The van der Waals surface area contributed by atoms with Gasteiger partial charge in [-0.3, -0.25) is 0 Å². The van der Waals surface area contributed by atoms with Gasteiger partial charge in [0, 0.05) is 5.56 Å². The maximum atomic E-state index is 9.92. The molecule has 1 aromatic rings. The number of aliphatic hydroxyl groups is 1. The van der Waals surface area contributed by atoms with E-state index in [1.54, 1.807) is 19.1 Å². The molecule has 0 saturated carbocycles. The highest BCUT2D eigenvalue weighted by molar-refractivity contribution is 5.50. The number of hydrogen-bond donors (Lipinski definition) is 3. The van der Waals surface area contributed by atoms with Crippen molar-refractivity contribution in [2.45, 2.75) is 19.4 Å². The molecule has 0 radical (unpaired) electrons. The van der Waals surface area contributed by atoms with Crippen molar-refractivity contribution in [3.63, 3.8) is 0 Å². The first-order valence-corrected chi connectivity index (χ1v) is 5.36. The van der Waals surface area contributed by atoms with E-state index in [0.29, 0.717) is 23.5 Å². The molecular formula is C12H16N2O3. The van der Waals surface area contributed by atoms with E-state index in [1.807, 2.05) is 6.07 Å². The Balaban J connectivity index is 3.22. The van der Waals surface area contributed by atoms with Crippen molar-refractivity contribution in [2.75, 3.05) is 13.2 Å². The molecule has 0 aromatic heterocycles. The van der Waals surface area contributed by atoms with Crippen molar-refractivity contribution in [1.82, 2.24) is 0 Å². The molecule has 0 aliphatic heterocycles. The van der Waals surface area contributed by atoms with E-state index >= 15 is 0 Å². The summed E-state index contributed by atoms with van der Waals surface area (Å²) in [6, 6.07) is 4.55. The van der Waals surface area contributed by atoms with Gasteiger partial charge in [0.15, 0.2) is 11.5 Å². The second-order valence-corrected chi connectivity index (χ2v) is 3.59. The predicted octanol–water partition coefficient (Wildman–Crippen LogP) is 0.849. The highest BCUT2D eigenvalue weighted by Gasteiger charge is 2.16. The SMILES string of the molecule is CCOc1cc(CC#N)cc([C@H](N)CO)c1O. The number of phenols is 1. The molecule has 1 rings (SSSR count). The fourth-order valence-electron chi connectivity index (χ4n) is 1.53. The summed E-state index contributed by atoms with van der Waals surface area (Å²) in [6.45, 7) is 1.91. The number of hydrogen-bond acceptors (Lipinski definition) is 5. The van der Waals surface area contributed by atoms with Gasteiger partial charge in [-0.05, 0) is 24.6 Å². The van der Waals surface area contributed by atoms with Crippen LogP contribution in [0.2, 0.25) is 0 Å². The minimum absolute atomic E-state index is 0.0740. The maximum Gasteiger partial charge on any atom is 0.162 e. The summed E-state index contributed by atoms with van der Waals surface area (Å²) in [5.74, 6) is 0.217. The van der Waals surface area contributed by atoms with Gasteiger partial charge in [0.25, 0.3) is 0 Å². The topological polar surface area (TPSA) is 99.5 Å². The van der Waals surface area contributed by atoms with E-state index in [-0.39, 0.29) is 18.8 Å². The van der Waals surface area contributed by atoms with Crippen LogP contribution in [-0.2, 0) is 6.42 Å². The normalized spacial score (nSPS) is 11.9. The zero-order chi connectivity index (χ0) is 12.8. The van der Waals surface area contributed by atoms with Crippen LogP contribution >= 0.6 is 0 Å². The molecule has 0 amide bonds. The van der Waals surface area contributed by atoms with Crippen molar-refractivity contribution in [2.24, 2.45) is 5.73 Å². The maximum absolute atomic E-state index is 9.92. The Labute approximate surface area is 100 Å². The lowest BCUT2D eigenvalue weighted by molar-refractivity contribution is 0.262. The lowest BCUT2D eigenvalue weighted by Gasteiger charge is -2.15. The molecule has 17 heavy (non-hydrogen) atoms. The molecule has 1 aromatic carbocycles. The van der Waals surface area contributed by atoms with Gasteiger partial charge in [0.1, 0.15) is 0 Å². The monoisotopic (exact) mass is 236 g/mol. The van der Waals surface area contributed by atoms with Crippen LogP contribution in [0.5, 0.6) is 11.5 Å². The largest absolute Gasteiger partial charge is 0.504 e. The van der Waals surface area contributed by atoms with Crippen molar-refractivity contribution in [1.29, 1.82) is 5.26 Å². The molecule has 5 heteroatoms. The van der Waals surface area contributed by atoms with Crippen LogP contribution in [0.1, 0.15) is 24.1 Å². The number of benzene rings is 1. The van der Waals surface area contributed by atoms with Crippen molar-refractivity contribution in [3.05, 3.63) is 23.3 Å². The molecule has 0 bridgehead atoms. The van der Waals surface area contributed by atoms with Crippen LogP contribution in [0.25, 0.3) is 0 Å². The highest BCUT2D eigenvalue weighted by Crippen LogP contribution is 2.34. The molecular weight excluding hydrogens is 220 g/mol. The lowest BCUT2D eigenvalue weighted by atomic mass is 10.0. The third-order valence-electron chi connectivity index (χ3n) is 2.34. The van der Waals surface area contributed by atoms with Gasteiger partial charge in [0.05, 0.1) is 31.7 Å². The number of nitrogens with zero attached hydrogens (tertiary/aromatic N) is 1. The minimum atomic E-state index is -0.687.